The second-order valence-electron chi connectivity index (χ2n) is 4.66. The van der Waals surface area contributed by atoms with E-state index in [1.165, 1.54) is 12.1 Å². The van der Waals surface area contributed by atoms with Crippen LogP contribution in [0.5, 0.6) is 0 Å². The molecule has 19 heavy (non-hydrogen) atoms. The van der Waals surface area contributed by atoms with Crippen LogP contribution in [0.2, 0.25) is 10.0 Å². The third kappa shape index (κ3) is 4.58. The van der Waals surface area contributed by atoms with E-state index in [0.717, 1.165) is 0 Å². The number of benzene rings is 1. The van der Waals surface area contributed by atoms with Gasteiger partial charge in [0.05, 0.1) is 10.0 Å². The topological polar surface area (TPSA) is 66.4 Å². The zero-order valence-corrected chi connectivity index (χ0v) is 14.3. The fraction of sp³-hybridized carbons (Fsp3) is 0.455. The first kappa shape index (κ1) is 17.2. The number of hydrogen-bond acceptors (Lipinski definition) is 3. The molecule has 0 bridgehead atoms. The van der Waals surface area contributed by atoms with Crippen LogP contribution in [-0.4, -0.2) is 25.7 Å². The highest BCUT2D eigenvalue weighted by atomic mass is 79.9. The number of halogens is 3. The molecule has 0 saturated heterocycles. The van der Waals surface area contributed by atoms with Crippen LogP contribution < -0.4 is 4.72 Å². The SMILES string of the molecule is CC(C)(CCO)NS(=O)(=O)c1c(Cl)cc(Br)cc1Cl. The zero-order valence-electron chi connectivity index (χ0n) is 10.4. The molecule has 0 atom stereocenters. The van der Waals surface area contributed by atoms with Gasteiger partial charge in [-0.15, -0.1) is 0 Å². The fourth-order valence-corrected chi connectivity index (χ4v) is 4.91. The number of nitrogens with one attached hydrogen (secondary N) is 1. The van der Waals surface area contributed by atoms with Gasteiger partial charge in [0.25, 0.3) is 0 Å². The quantitative estimate of drug-likeness (QED) is 0.811. The van der Waals surface area contributed by atoms with Crippen molar-refractivity contribution in [3.05, 3.63) is 26.7 Å². The highest BCUT2D eigenvalue weighted by molar-refractivity contribution is 9.10. The Morgan fingerprint density at radius 3 is 2.21 bits per heavy atom. The first-order valence-corrected chi connectivity index (χ1v) is 8.42. The van der Waals surface area contributed by atoms with Crippen molar-refractivity contribution in [2.75, 3.05) is 6.61 Å². The molecule has 4 nitrogen and oxygen atoms in total. The molecule has 1 aromatic rings. The van der Waals surface area contributed by atoms with E-state index in [9.17, 15) is 8.42 Å². The first-order chi connectivity index (χ1) is 8.59. The van der Waals surface area contributed by atoms with Gasteiger partial charge in [-0.05, 0) is 32.4 Å². The maximum Gasteiger partial charge on any atom is 0.244 e. The Balaban J connectivity index is 3.22. The van der Waals surface area contributed by atoms with E-state index in [0.29, 0.717) is 4.47 Å². The summed E-state index contributed by atoms with van der Waals surface area (Å²) >= 11 is 15.1. The maximum absolute atomic E-state index is 12.3. The van der Waals surface area contributed by atoms with Gasteiger partial charge in [0, 0.05) is 16.6 Å². The lowest BCUT2D eigenvalue weighted by molar-refractivity contribution is 0.246. The van der Waals surface area contributed by atoms with E-state index < -0.39 is 15.6 Å². The molecule has 1 rings (SSSR count). The van der Waals surface area contributed by atoms with E-state index in [4.69, 9.17) is 28.3 Å². The van der Waals surface area contributed by atoms with E-state index in [2.05, 4.69) is 20.7 Å². The van der Waals surface area contributed by atoms with Crippen LogP contribution in [0.4, 0.5) is 0 Å². The molecule has 0 amide bonds. The number of rotatable bonds is 5. The van der Waals surface area contributed by atoms with E-state index in [-0.39, 0.29) is 28.0 Å². The van der Waals surface area contributed by atoms with Gasteiger partial charge in [0.1, 0.15) is 4.90 Å². The molecule has 0 aliphatic carbocycles. The maximum atomic E-state index is 12.3. The molecular formula is C11H14BrCl2NO3S. The van der Waals surface area contributed by atoms with Gasteiger partial charge >= 0.3 is 0 Å². The van der Waals surface area contributed by atoms with Crippen molar-refractivity contribution < 1.29 is 13.5 Å². The van der Waals surface area contributed by atoms with Crippen LogP contribution in [-0.2, 0) is 10.0 Å². The van der Waals surface area contributed by atoms with Gasteiger partial charge < -0.3 is 5.11 Å². The zero-order chi connectivity index (χ0) is 14.8. The number of aliphatic hydroxyl groups is 1. The van der Waals surface area contributed by atoms with Gasteiger partial charge in [0.15, 0.2) is 0 Å². The van der Waals surface area contributed by atoms with Gasteiger partial charge in [-0.1, -0.05) is 39.1 Å². The van der Waals surface area contributed by atoms with Crippen molar-refractivity contribution >= 4 is 49.2 Å². The first-order valence-electron chi connectivity index (χ1n) is 5.38. The van der Waals surface area contributed by atoms with Crippen molar-refractivity contribution in [2.45, 2.75) is 30.7 Å². The predicted molar refractivity (Wildman–Crippen MR) is 80.3 cm³/mol. The standard InChI is InChI=1S/C11H14BrCl2NO3S/c1-11(2,3-4-16)15-19(17,18)10-8(13)5-7(12)6-9(10)14/h5-6,15-16H,3-4H2,1-2H3. The van der Waals surface area contributed by atoms with Crippen molar-refractivity contribution in [1.82, 2.24) is 4.72 Å². The van der Waals surface area contributed by atoms with Gasteiger partial charge in [0.2, 0.25) is 10.0 Å². The van der Waals surface area contributed by atoms with Crippen molar-refractivity contribution in [3.8, 4) is 0 Å². The molecule has 0 saturated carbocycles. The summed E-state index contributed by atoms with van der Waals surface area (Å²) in [6.45, 7) is 3.21. The van der Waals surface area contributed by atoms with Crippen LogP contribution in [0.25, 0.3) is 0 Å². The van der Waals surface area contributed by atoms with E-state index >= 15 is 0 Å². The molecule has 2 N–H and O–H groups in total. The minimum Gasteiger partial charge on any atom is -0.396 e. The predicted octanol–water partition coefficient (Wildman–Crippen LogP) is 3.20. The largest absolute Gasteiger partial charge is 0.396 e. The molecule has 0 aromatic heterocycles. The molecule has 0 heterocycles. The molecule has 0 aliphatic heterocycles. The summed E-state index contributed by atoms with van der Waals surface area (Å²) in [5.41, 5.74) is -0.798. The van der Waals surface area contributed by atoms with Crippen LogP contribution in [0.1, 0.15) is 20.3 Å². The Hall–Kier alpha value is 0.150. The van der Waals surface area contributed by atoms with Crippen molar-refractivity contribution in [3.63, 3.8) is 0 Å². The Labute approximate surface area is 131 Å². The molecule has 0 fully saturated rings. The molecule has 8 heteroatoms. The summed E-state index contributed by atoms with van der Waals surface area (Å²) in [5, 5.41) is 8.99. The smallest absolute Gasteiger partial charge is 0.244 e. The average molecular weight is 391 g/mol. The van der Waals surface area contributed by atoms with E-state index in [1.807, 2.05) is 0 Å². The second-order valence-corrected chi connectivity index (χ2v) is 8.01. The molecule has 0 radical (unpaired) electrons. The van der Waals surface area contributed by atoms with Gasteiger partial charge in [-0.2, -0.15) is 0 Å². The van der Waals surface area contributed by atoms with Crippen LogP contribution >= 0.6 is 39.1 Å². The van der Waals surface area contributed by atoms with Crippen LogP contribution in [0, 0.1) is 0 Å². The van der Waals surface area contributed by atoms with Crippen LogP contribution in [0.3, 0.4) is 0 Å². The number of aliphatic hydroxyl groups excluding tert-OH is 1. The summed E-state index contributed by atoms with van der Waals surface area (Å²) in [7, 11) is -3.86. The normalized spacial score (nSPS) is 12.7. The Bertz CT molecular complexity index is 552. The van der Waals surface area contributed by atoms with Gasteiger partial charge in [-0.25, -0.2) is 13.1 Å². The van der Waals surface area contributed by atoms with Gasteiger partial charge in [-0.3, -0.25) is 0 Å². The second kappa shape index (κ2) is 6.28. The lowest BCUT2D eigenvalue weighted by atomic mass is 10.0. The lowest BCUT2D eigenvalue weighted by Crippen LogP contribution is -2.44. The minimum atomic E-state index is -3.86. The highest BCUT2D eigenvalue weighted by Gasteiger charge is 2.29. The molecule has 0 aliphatic rings. The molecule has 0 spiro atoms. The number of hydrogen-bond donors (Lipinski definition) is 2. The summed E-state index contributed by atoms with van der Waals surface area (Å²) in [4.78, 5) is -0.162. The monoisotopic (exact) mass is 389 g/mol. The van der Waals surface area contributed by atoms with Crippen molar-refractivity contribution in [1.29, 1.82) is 0 Å². The Morgan fingerprint density at radius 1 is 1.32 bits per heavy atom. The summed E-state index contributed by atoms with van der Waals surface area (Å²) < 4.78 is 27.7. The highest BCUT2D eigenvalue weighted by Crippen LogP contribution is 2.33. The average Bonchev–Trinajstić information content (AvgIpc) is 2.11. The summed E-state index contributed by atoms with van der Waals surface area (Å²) in [5.74, 6) is 0. The fourth-order valence-electron chi connectivity index (χ4n) is 1.53. The Kier molecular flexibility index (Phi) is 5.69. The van der Waals surface area contributed by atoms with E-state index in [1.54, 1.807) is 13.8 Å². The summed E-state index contributed by atoms with van der Waals surface area (Å²) in [6.07, 6.45) is 0.276. The minimum absolute atomic E-state index is 0.0340. The third-order valence-electron chi connectivity index (χ3n) is 2.38. The lowest BCUT2D eigenvalue weighted by Gasteiger charge is -2.25. The molecular weight excluding hydrogens is 377 g/mol. The number of sulfonamides is 1. The third-order valence-corrected chi connectivity index (χ3v) is 5.46. The van der Waals surface area contributed by atoms with Crippen LogP contribution in [0.15, 0.2) is 21.5 Å². The Morgan fingerprint density at radius 2 is 1.79 bits per heavy atom. The summed E-state index contributed by atoms with van der Waals surface area (Å²) in [6, 6.07) is 2.92. The molecule has 108 valence electrons. The molecule has 0 unspecified atom stereocenters. The molecule has 1 aromatic carbocycles. The van der Waals surface area contributed by atoms with Crippen molar-refractivity contribution in [2.24, 2.45) is 0 Å².